The molecule has 0 atom stereocenters. The number of aromatic nitrogens is 2. The molecule has 0 spiro atoms. The molecule has 0 aliphatic carbocycles. The number of amides is 3. The quantitative estimate of drug-likeness (QED) is 0.589. The van der Waals surface area contributed by atoms with Crippen LogP contribution >= 0.6 is 0 Å². The lowest BCUT2D eigenvalue weighted by molar-refractivity contribution is -0.121. The number of methoxy groups -OCH3 is 1. The predicted octanol–water partition coefficient (Wildman–Crippen LogP) is 1.41. The Bertz CT molecular complexity index is 1220. The number of nitrogens with one attached hydrogen (secondary N) is 2. The van der Waals surface area contributed by atoms with Gasteiger partial charge in [0.25, 0.3) is 11.8 Å². The second-order valence-electron chi connectivity index (χ2n) is 7.66. The minimum Gasteiger partial charge on any atom is -0.497 e. The van der Waals surface area contributed by atoms with Gasteiger partial charge < -0.3 is 25.0 Å². The van der Waals surface area contributed by atoms with Gasteiger partial charge in [-0.2, -0.15) is 0 Å². The molecule has 1 aliphatic rings. The fourth-order valence-corrected chi connectivity index (χ4v) is 3.62. The van der Waals surface area contributed by atoms with Gasteiger partial charge in [-0.3, -0.25) is 24.4 Å². The van der Waals surface area contributed by atoms with Crippen LogP contribution in [0.5, 0.6) is 11.5 Å². The topological polar surface area (TPSA) is 123 Å². The van der Waals surface area contributed by atoms with Crippen molar-refractivity contribution in [1.82, 2.24) is 25.5 Å². The molecular weight excluding hydrogens is 438 g/mol. The van der Waals surface area contributed by atoms with Crippen LogP contribution in [0.1, 0.15) is 27.1 Å². The Balaban J connectivity index is 1.50. The first-order chi connectivity index (χ1) is 16.5. The van der Waals surface area contributed by atoms with Gasteiger partial charge in [0.15, 0.2) is 0 Å². The highest BCUT2D eigenvalue weighted by Gasteiger charge is 2.20. The second kappa shape index (κ2) is 10.6. The average Bonchev–Trinajstić information content (AvgIpc) is 2.87. The first-order valence-corrected chi connectivity index (χ1v) is 10.9. The molecule has 3 aromatic rings. The Kier molecular flexibility index (Phi) is 7.16. The van der Waals surface area contributed by atoms with Crippen LogP contribution in [0.15, 0.2) is 48.8 Å². The summed E-state index contributed by atoms with van der Waals surface area (Å²) in [6, 6.07) is 10.0. The summed E-state index contributed by atoms with van der Waals surface area (Å²) in [6.07, 6.45) is 3.61. The zero-order valence-electron chi connectivity index (χ0n) is 18.7. The number of hydrogen-bond donors (Lipinski definition) is 2. The molecule has 10 heteroatoms. The van der Waals surface area contributed by atoms with Crippen molar-refractivity contribution in [2.45, 2.75) is 6.42 Å². The molecule has 0 radical (unpaired) electrons. The summed E-state index contributed by atoms with van der Waals surface area (Å²) in [5, 5.41) is 5.61. The van der Waals surface area contributed by atoms with E-state index in [0.29, 0.717) is 46.6 Å². The number of rotatable bonds is 2. The Morgan fingerprint density at radius 2 is 1.85 bits per heavy atom. The van der Waals surface area contributed by atoms with Crippen molar-refractivity contribution in [2.75, 3.05) is 39.9 Å². The molecule has 0 fully saturated rings. The van der Waals surface area contributed by atoms with E-state index in [-0.39, 0.29) is 44.0 Å². The van der Waals surface area contributed by atoms with E-state index in [1.807, 2.05) is 0 Å². The molecule has 2 heterocycles. The molecule has 3 amide bonds. The van der Waals surface area contributed by atoms with E-state index in [1.54, 1.807) is 48.8 Å². The Morgan fingerprint density at radius 3 is 2.68 bits per heavy atom. The van der Waals surface area contributed by atoms with Crippen molar-refractivity contribution in [2.24, 2.45) is 0 Å². The maximum atomic E-state index is 13.2. The average molecular weight is 463 g/mol. The SMILES string of the molecule is COc1ccc2c(c1)OCCNC(=O)CN(C(=O)c1ccc3nccnc3c1)CCCNC2=O. The lowest BCUT2D eigenvalue weighted by Gasteiger charge is -2.23. The first-order valence-electron chi connectivity index (χ1n) is 10.9. The molecule has 176 valence electrons. The highest BCUT2D eigenvalue weighted by atomic mass is 16.5. The molecule has 2 N–H and O–H groups in total. The first kappa shape index (κ1) is 23.0. The molecule has 1 aliphatic heterocycles. The van der Waals surface area contributed by atoms with Gasteiger partial charge in [0, 0.05) is 37.1 Å². The van der Waals surface area contributed by atoms with Crippen LogP contribution in [0.25, 0.3) is 11.0 Å². The Hall–Kier alpha value is -4.21. The van der Waals surface area contributed by atoms with Crippen LogP contribution in [0.4, 0.5) is 0 Å². The van der Waals surface area contributed by atoms with Crippen LogP contribution in [0.3, 0.4) is 0 Å². The van der Waals surface area contributed by atoms with E-state index in [4.69, 9.17) is 9.47 Å². The van der Waals surface area contributed by atoms with Crippen LogP contribution in [-0.4, -0.2) is 72.5 Å². The summed E-state index contributed by atoms with van der Waals surface area (Å²) in [4.78, 5) is 48.3. The summed E-state index contributed by atoms with van der Waals surface area (Å²) in [5.41, 5.74) is 2.06. The fourth-order valence-electron chi connectivity index (χ4n) is 3.62. The van der Waals surface area contributed by atoms with E-state index in [2.05, 4.69) is 20.6 Å². The monoisotopic (exact) mass is 463 g/mol. The van der Waals surface area contributed by atoms with Gasteiger partial charge in [0.1, 0.15) is 18.1 Å². The van der Waals surface area contributed by atoms with Crippen molar-refractivity contribution in [1.29, 1.82) is 0 Å². The zero-order valence-corrected chi connectivity index (χ0v) is 18.7. The van der Waals surface area contributed by atoms with Crippen LogP contribution < -0.4 is 20.1 Å². The molecule has 10 nitrogen and oxygen atoms in total. The Morgan fingerprint density at radius 1 is 1.03 bits per heavy atom. The number of hydrogen-bond acceptors (Lipinski definition) is 7. The van der Waals surface area contributed by atoms with E-state index < -0.39 is 0 Å². The van der Waals surface area contributed by atoms with Crippen LogP contribution in [0, 0.1) is 0 Å². The fraction of sp³-hybridized carbons (Fsp3) is 0.292. The molecular formula is C24H25N5O5. The van der Waals surface area contributed by atoms with Crippen molar-refractivity contribution in [3.63, 3.8) is 0 Å². The van der Waals surface area contributed by atoms with E-state index in [1.165, 1.54) is 12.0 Å². The number of nitrogens with zero attached hydrogens (tertiary/aromatic N) is 3. The van der Waals surface area contributed by atoms with E-state index in [0.717, 1.165) is 0 Å². The maximum absolute atomic E-state index is 13.2. The lowest BCUT2D eigenvalue weighted by Crippen LogP contribution is -2.43. The molecule has 0 saturated heterocycles. The molecule has 2 aromatic carbocycles. The van der Waals surface area contributed by atoms with Gasteiger partial charge in [0.05, 0.1) is 36.8 Å². The molecule has 4 rings (SSSR count). The Labute approximate surface area is 196 Å². The minimum absolute atomic E-state index is 0.115. The number of carbonyl (C=O) groups is 3. The molecule has 0 bridgehead atoms. The summed E-state index contributed by atoms with van der Waals surface area (Å²) in [5.74, 6) is 0.0499. The number of benzene rings is 2. The zero-order chi connectivity index (χ0) is 23.9. The molecule has 34 heavy (non-hydrogen) atoms. The third-order valence-electron chi connectivity index (χ3n) is 5.34. The summed E-state index contributed by atoms with van der Waals surface area (Å²) in [6.45, 7) is 0.854. The summed E-state index contributed by atoms with van der Waals surface area (Å²) in [7, 11) is 1.53. The highest BCUT2D eigenvalue weighted by molar-refractivity contribution is 5.99. The largest absolute Gasteiger partial charge is 0.497 e. The van der Waals surface area contributed by atoms with Gasteiger partial charge >= 0.3 is 0 Å². The number of fused-ring (bicyclic) bond motifs is 2. The molecule has 0 saturated carbocycles. The maximum Gasteiger partial charge on any atom is 0.255 e. The molecule has 0 unspecified atom stereocenters. The summed E-state index contributed by atoms with van der Waals surface area (Å²) < 4.78 is 10.9. The smallest absolute Gasteiger partial charge is 0.255 e. The molecule has 1 aromatic heterocycles. The van der Waals surface area contributed by atoms with Gasteiger partial charge in [0.2, 0.25) is 5.91 Å². The number of ether oxygens (including phenoxy) is 2. The van der Waals surface area contributed by atoms with Crippen molar-refractivity contribution >= 4 is 28.8 Å². The van der Waals surface area contributed by atoms with Crippen LogP contribution in [0.2, 0.25) is 0 Å². The van der Waals surface area contributed by atoms with Gasteiger partial charge in [-0.1, -0.05) is 0 Å². The standard InChI is InChI=1S/C24H25N5O5/c1-33-17-4-5-18-21(14-17)34-12-10-27-22(30)15-29(11-2-7-28-23(18)31)24(32)16-3-6-19-20(13-16)26-9-8-25-19/h3-6,8-9,13-14H,2,7,10-12,15H2,1H3,(H,27,30)(H,28,31). The van der Waals surface area contributed by atoms with Gasteiger partial charge in [-0.25, -0.2) is 0 Å². The van der Waals surface area contributed by atoms with E-state index in [9.17, 15) is 14.4 Å². The normalized spacial score (nSPS) is 15.4. The minimum atomic E-state index is -0.301. The third kappa shape index (κ3) is 5.40. The van der Waals surface area contributed by atoms with Crippen molar-refractivity contribution in [3.8, 4) is 11.5 Å². The van der Waals surface area contributed by atoms with Gasteiger partial charge in [-0.15, -0.1) is 0 Å². The van der Waals surface area contributed by atoms with E-state index >= 15 is 0 Å². The third-order valence-corrected chi connectivity index (χ3v) is 5.34. The predicted molar refractivity (Wildman–Crippen MR) is 124 cm³/mol. The van der Waals surface area contributed by atoms with Crippen LogP contribution in [-0.2, 0) is 4.79 Å². The lowest BCUT2D eigenvalue weighted by atomic mass is 10.1. The summed E-state index contributed by atoms with van der Waals surface area (Å²) >= 11 is 0. The highest BCUT2D eigenvalue weighted by Crippen LogP contribution is 2.25. The van der Waals surface area contributed by atoms with Gasteiger partial charge in [-0.05, 0) is 36.8 Å². The van der Waals surface area contributed by atoms with Crippen molar-refractivity contribution in [3.05, 3.63) is 59.9 Å². The second-order valence-corrected chi connectivity index (χ2v) is 7.66. The van der Waals surface area contributed by atoms with Crippen molar-refractivity contribution < 1.29 is 23.9 Å². The number of carbonyl (C=O) groups excluding carboxylic acids is 3.